The van der Waals surface area contributed by atoms with Crippen molar-refractivity contribution in [3.8, 4) is 0 Å². The van der Waals surface area contributed by atoms with Crippen LogP contribution in [0, 0.1) is 0 Å². The Balaban J connectivity index is 1.64. The number of fused-ring (bicyclic) bond motifs is 1. The summed E-state index contributed by atoms with van der Waals surface area (Å²) in [5, 5.41) is 19.3. The molecule has 0 saturated heterocycles. The number of nitrogens with zero attached hydrogens (tertiary/aromatic N) is 5. The van der Waals surface area contributed by atoms with Gasteiger partial charge in [0.2, 0.25) is 0 Å². The van der Waals surface area contributed by atoms with E-state index in [1.165, 1.54) is 15.8 Å². The molecule has 0 aliphatic heterocycles. The molecule has 0 amide bonds. The van der Waals surface area contributed by atoms with E-state index in [4.69, 9.17) is 0 Å². The zero-order chi connectivity index (χ0) is 16.2. The van der Waals surface area contributed by atoms with E-state index in [0.717, 1.165) is 12.2 Å². The van der Waals surface area contributed by atoms with E-state index in [0.29, 0.717) is 5.65 Å². The molecule has 0 spiro atoms. The highest BCUT2D eigenvalue weighted by Gasteiger charge is 2.13. The molecule has 6 heteroatoms. The Morgan fingerprint density at radius 2 is 1.62 bits per heavy atom. The first-order chi connectivity index (χ1) is 11.9. The largest absolute Gasteiger partial charge is 0.361 e. The number of anilines is 1. The summed E-state index contributed by atoms with van der Waals surface area (Å²) in [7, 11) is 0. The van der Waals surface area contributed by atoms with Gasteiger partial charge in [-0.2, -0.15) is 0 Å². The SMILES string of the molecule is c1ccc(C[C@H](Nc2ccc3nnnn3n2)c2ccccc2)cc1. The van der Waals surface area contributed by atoms with E-state index >= 15 is 0 Å². The average molecular weight is 316 g/mol. The summed E-state index contributed by atoms with van der Waals surface area (Å²) in [5.74, 6) is 0.736. The van der Waals surface area contributed by atoms with Gasteiger partial charge in [0.15, 0.2) is 5.65 Å². The Hall–Kier alpha value is -3.28. The Bertz CT molecular complexity index is 920. The summed E-state index contributed by atoms with van der Waals surface area (Å²) >= 11 is 0. The van der Waals surface area contributed by atoms with Gasteiger partial charge in [-0.3, -0.25) is 0 Å². The number of nitrogens with one attached hydrogen (secondary N) is 1. The van der Waals surface area contributed by atoms with Crippen LogP contribution in [0.15, 0.2) is 72.8 Å². The Morgan fingerprint density at radius 1 is 0.875 bits per heavy atom. The van der Waals surface area contributed by atoms with Crippen LogP contribution in [0.1, 0.15) is 17.2 Å². The third kappa shape index (κ3) is 3.08. The molecule has 0 unspecified atom stereocenters. The van der Waals surface area contributed by atoms with Gasteiger partial charge in [-0.25, -0.2) is 0 Å². The molecule has 24 heavy (non-hydrogen) atoms. The van der Waals surface area contributed by atoms with Crippen molar-refractivity contribution in [2.45, 2.75) is 12.5 Å². The smallest absolute Gasteiger partial charge is 0.200 e. The van der Waals surface area contributed by atoms with E-state index in [-0.39, 0.29) is 6.04 Å². The minimum Gasteiger partial charge on any atom is -0.361 e. The molecule has 0 radical (unpaired) electrons. The van der Waals surface area contributed by atoms with Crippen molar-refractivity contribution in [1.82, 2.24) is 25.3 Å². The summed E-state index contributed by atoms with van der Waals surface area (Å²) in [6.45, 7) is 0. The molecule has 4 rings (SSSR count). The third-order valence-electron chi connectivity index (χ3n) is 3.88. The number of aromatic nitrogens is 5. The van der Waals surface area contributed by atoms with Crippen molar-refractivity contribution in [3.63, 3.8) is 0 Å². The van der Waals surface area contributed by atoms with E-state index < -0.39 is 0 Å². The molecule has 4 aromatic rings. The lowest BCUT2D eigenvalue weighted by Crippen LogP contribution is -2.15. The van der Waals surface area contributed by atoms with Crippen molar-refractivity contribution in [2.75, 3.05) is 5.32 Å². The Labute approximate surface area is 139 Å². The number of benzene rings is 2. The molecule has 0 aliphatic carbocycles. The number of hydrogen-bond acceptors (Lipinski definition) is 5. The van der Waals surface area contributed by atoms with Crippen LogP contribution in [0.4, 0.5) is 5.82 Å². The lowest BCUT2D eigenvalue weighted by Gasteiger charge is -2.20. The second-order valence-corrected chi connectivity index (χ2v) is 5.54. The molecule has 118 valence electrons. The van der Waals surface area contributed by atoms with Gasteiger partial charge in [0.1, 0.15) is 5.82 Å². The fourth-order valence-corrected chi connectivity index (χ4v) is 2.69. The maximum Gasteiger partial charge on any atom is 0.200 e. The molecular formula is C18H16N6. The predicted molar refractivity (Wildman–Crippen MR) is 91.5 cm³/mol. The molecule has 0 saturated carbocycles. The van der Waals surface area contributed by atoms with E-state index in [2.05, 4.69) is 62.3 Å². The minimum atomic E-state index is 0.107. The van der Waals surface area contributed by atoms with Gasteiger partial charge in [0, 0.05) is 0 Å². The third-order valence-corrected chi connectivity index (χ3v) is 3.88. The van der Waals surface area contributed by atoms with Gasteiger partial charge >= 0.3 is 0 Å². The predicted octanol–water partition coefficient (Wildman–Crippen LogP) is 2.92. The van der Waals surface area contributed by atoms with Gasteiger partial charge < -0.3 is 5.32 Å². The molecule has 6 nitrogen and oxygen atoms in total. The van der Waals surface area contributed by atoms with Crippen LogP contribution in [0.2, 0.25) is 0 Å². The van der Waals surface area contributed by atoms with Crippen LogP contribution in [0.3, 0.4) is 0 Å². The van der Waals surface area contributed by atoms with Crippen molar-refractivity contribution in [3.05, 3.63) is 83.9 Å². The van der Waals surface area contributed by atoms with E-state index in [9.17, 15) is 0 Å². The van der Waals surface area contributed by atoms with Crippen LogP contribution in [0.5, 0.6) is 0 Å². The second kappa shape index (κ2) is 6.45. The van der Waals surface area contributed by atoms with Gasteiger partial charge in [-0.05, 0) is 40.1 Å². The second-order valence-electron chi connectivity index (χ2n) is 5.54. The lowest BCUT2D eigenvalue weighted by atomic mass is 9.99. The van der Waals surface area contributed by atoms with Crippen molar-refractivity contribution in [1.29, 1.82) is 0 Å². The fraction of sp³-hybridized carbons (Fsp3) is 0.111. The highest BCUT2D eigenvalue weighted by atomic mass is 15.6. The molecular weight excluding hydrogens is 300 g/mol. The molecule has 1 N–H and O–H groups in total. The first-order valence-corrected chi connectivity index (χ1v) is 7.79. The van der Waals surface area contributed by atoms with Crippen LogP contribution in [0.25, 0.3) is 5.65 Å². The monoisotopic (exact) mass is 316 g/mol. The summed E-state index contributed by atoms with van der Waals surface area (Å²) < 4.78 is 1.42. The Kier molecular flexibility index (Phi) is 3.85. The maximum atomic E-state index is 4.41. The zero-order valence-corrected chi connectivity index (χ0v) is 12.9. The Morgan fingerprint density at radius 3 is 2.42 bits per heavy atom. The van der Waals surface area contributed by atoms with Crippen LogP contribution in [-0.4, -0.2) is 25.3 Å². The first-order valence-electron chi connectivity index (χ1n) is 7.79. The molecule has 2 aromatic carbocycles. The molecule has 0 fully saturated rings. The first kappa shape index (κ1) is 14.3. The molecule has 2 aromatic heterocycles. The van der Waals surface area contributed by atoms with Crippen molar-refractivity contribution < 1.29 is 0 Å². The molecule has 2 heterocycles. The zero-order valence-electron chi connectivity index (χ0n) is 12.9. The maximum absolute atomic E-state index is 4.41. The normalized spacial score (nSPS) is 12.2. The molecule has 1 atom stereocenters. The molecule has 0 bridgehead atoms. The van der Waals surface area contributed by atoms with Gasteiger partial charge in [0.25, 0.3) is 0 Å². The van der Waals surface area contributed by atoms with Crippen LogP contribution < -0.4 is 5.32 Å². The highest BCUT2D eigenvalue weighted by Crippen LogP contribution is 2.22. The summed E-state index contributed by atoms with van der Waals surface area (Å²) in [6.07, 6.45) is 0.861. The van der Waals surface area contributed by atoms with Crippen molar-refractivity contribution in [2.24, 2.45) is 0 Å². The lowest BCUT2D eigenvalue weighted by molar-refractivity contribution is 0.716. The van der Waals surface area contributed by atoms with Gasteiger partial charge in [-0.1, -0.05) is 60.7 Å². The van der Waals surface area contributed by atoms with E-state index in [1.807, 2.05) is 36.4 Å². The topological polar surface area (TPSA) is 68.0 Å². The standard InChI is InChI=1S/C18H16N6/c1-3-7-14(8-4-1)13-16(15-9-5-2-6-10-15)19-17-11-12-18-20-22-23-24(18)21-17/h1-12,16H,13H2,(H,19,21)/t16-/m0/s1. The van der Waals surface area contributed by atoms with Crippen molar-refractivity contribution >= 4 is 11.5 Å². The van der Waals surface area contributed by atoms with Crippen LogP contribution >= 0.6 is 0 Å². The number of hydrogen-bond donors (Lipinski definition) is 1. The summed E-state index contributed by atoms with van der Waals surface area (Å²) in [6, 6.07) is 24.6. The quantitative estimate of drug-likeness (QED) is 0.613. The van der Waals surface area contributed by atoms with Crippen LogP contribution in [-0.2, 0) is 6.42 Å². The minimum absolute atomic E-state index is 0.107. The average Bonchev–Trinajstić information content (AvgIpc) is 3.11. The van der Waals surface area contributed by atoms with E-state index in [1.54, 1.807) is 0 Å². The van der Waals surface area contributed by atoms with Gasteiger partial charge in [0.05, 0.1) is 6.04 Å². The van der Waals surface area contributed by atoms with Gasteiger partial charge in [-0.15, -0.1) is 14.8 Å². The number of tetrazole rings is 1. The summed E-state index contributed by atoms with van der Waals surface area (Å²) in [5.41, 5.74) is 3.10. The summed E-state index contributed by atoms with van der Waals surface area (Å²) in [4.78, 5) is 0. The highest BCUT2D eigenvalue weighted by molar-refractivity contribution is 5.44. The fourth-order valence-electron chi connectivity index (χ4n) is 2.69. The number of rotatable bonds is 5. The molecule has 0 aliphatic rings.